The first-order chi connectivity index (χ1) is 6.34. The number of amides is 2. The van der Waals surface area contributed by atoms with Gasteiger partial charge in [-0.15, -0.1) is 0 Å². The highest BCUT2D eigenvalue weighted by Crippen LogP contribution is 2.12. The number of aliphatic hydroxyl groups is 1. The summed E-state index contributed by atoms with van der Waals surface area (Å²) >= 11 is 0. The Labute approximate surface area is 81.7 Å². The summed E-state index contributed by atoms with van der Waals surface area (Å²) in [6.07, 6.45) is 0. The van der Waals surface area contributed by atoms with Gasteiger partial charge in [-0.1, -0.05) is 0 Å². The standard InChI is InChI=1S/C8H14N2O4/c1-8(14,6(11)12)5-10-4-3-9(2)7(10)13/h14H,3-5H2,1-2H3,(H,11,12). The van der Waals surface area contributed by atoms with Gasteiger partial charge in [-0.25, -0.2) is 9.59 Å². The second kappa shape index (κ2) is 3.45. The fourth-order valence-electron chi connectivity index (χ4n) is 1.29. The van der Waals surface area contributed by atoms with Crippen LogP contribution in [-0.2, 0) is 4.79 Å². The maximum Gasteiger partial charge on any atom is 0.337 e. The van der Waals surface area contributed by atoms with Crippen molar-refractivity contribution in [2.75, 3.05) is 26.7 Å². The monoisotopic (exact) mass is 202 g/mol. The number of carbonyl (C=O) groups excluding carboxylic acids is 1. The molecule has 1 heterocycles. The summed E-state index contributed by atoms with van der Waals surface area (Å²) in [6.45, 7) is 2.03. The van der Waals surface area contributed by atoms with Gasteiger partial charge in [-0.3, -0.25) is 0 Å². The second-order valence-electron chi connectivity index (χ2n) is 3.70. The molecular weight excluding hydrogens is 188 g/mol. The molecule has 1 fully saturated rings. The van der Waals surface area contributed by atoms with Crippen LogP contribution in [0.5, 0.6) is 0 Å². The summed E-state index contributed by atoms with van der Waals surface area (Å²) in [5, 5.41) is 18.1. The number of nitrogens with zero attached hydrogens (tertiary/aromatic N) is 2. The molecule has 0 aliphatic carbocycles. The maximum atomic E-state index is 11.4. The molecule has 0 spiro atoms. The lowest BCUT2D eigenvalue weighted by molar-refractivity contribution is -0.157. The molecule has 1 aliphatic heterocycles. The van der Waals surface area contributed by atoms with Crippen molar-refractivity contribution >= 4 is 12.0 Å². The van der Waals surface area contributed by atoms with Crippen LogP contribution in [0.2, 0.25) is 0 Å². The van der Waals surface area contributed by atoms with Crippen LogP contribution in [-0.4, -0.2) is 64.3 Å². The highest BCUT2D eigenvalue weighted by atomic mass is 16.4. The van der Waals surface area contributed by atoms with Gasteiger partial charge in [0, 0.05) is 20.1 Å². The summed E-state index contributed by atoms with van der Waals surface area (Å²) in [4.78, 5) is 24.8. The molecule has 2 amide bonds. The highest BCUT2D eigenvalue weighted by Gasteiger charge is 2.37. The van der Waals surface area contributed by atoms with Gasteiger partial charge in [0.2, 0.25) is 0 Å². The number of β-amino-alcohol motifs (C(OH)–C–C–N with tert-alkyl or cyclic N) is 1. The molecule has 0 aromatic rings. The van der Waals surface area contributed by atoms with E-state index in [1.165, 1.54) is 16.7 Å². The third-order valence-corrected chi connectivity index (χ3v) is 2.26. The number of hydrogen-bond donors (Lipinski definition) is 2. The molecule has 80 valence electrons. The van der Waals surface area contributed by atoms with Gasteiger partial charge in [0.15, 0.2) is 5.60 Å². The van der Waals surface area contributed by atoms with E-state index in [9.17, 15) is 14.7 Å². The Hall–Kier alpha value is -1.30. The lowest BCUT2D eigenvalue weighted by Gasteiger charge is -2.24. The van der Waals surface area contributed by atoms with Crippen molar-refractivity contribution in [3.8, 4) is 0 Å². The first-order valence-corrected chi connectivity index (χ1v) is 4.30. The van der Waals surface area contributed by atoms with Gasteiger partial charge in [-0.05, 0) is 6.92 Å². The quantitative estimate of drug-likeness (QED) is 0.627. The van der Waals surface area contributed by atoms with Crippen LogP contribution in [0.4, 0.5) is 4.79 Å². The van der Waals surface area contributed by atoms with E-state index in [4.69, 9.17) is 5.11 Å². The van der Waals surface area contributed by atoms with E-state index >= 15 is 0 Å². The maximum absolute atomic E-state index is 11.4. The number of carboxylic acids is 1. The number of aliphatic carboxylic acids is 1. The van der Waals surface area contributed by atoms with Crippen molar-refractivity contribution < 1.29 is 19.8 Å². The molecule has 0 saturated carbocycles. The number of carboxylic acid groups (broad SMARTS) is 1. The topological polar surface area (TPSA) is 81.1 Å². The van der Waals surface area contributed by atoms with Crippen LogP contribution < -0.4 is 0 Å². The minimum atomic E-state index is -1.87. The fraction of sp³-hybridized carbons (Fsp3) is 0.750. The molecule has 1 unspecified atom stereocenters. The predicted octanol–water partition coefficient (Wildman–Crippen LogP) is -0.811. The van der Waals surface area contributed by atoms with Crippen LogP contribution >= 0.6 is 0 Å². The van der Waals surface area contributed by atoms with Crippen LogP contribution in [0, 0.1) is 0 Å². The predicted molar refractivity (Wildman–Crippen MR) is 47.9 cm³/mol. The van der Waals surface area contributed by atoms with Gasteiger partial charge in [0.1, 0.15) is 0 Å². The summed E-state index contributed by atoms with van der Waals surface area (Å²) in [5.41, 5.74) is -1.87. The first kappa shape index (κ1) is 10.8. The zero-order chi connectivity index (χ0) is 10.9. The average Bonchev–Trinajstić information content (AvgIpc) is 2.35. The van der Waals surface area contributed by atoms with Crippen molar-refractivity contribution in [3.63, 3.8) is 0 Å². The lowest BCUT2D eigenvalue weighted by atomic mass is 10.1. The fourth-order valence-corrected chi connectivity index (χ4v) is 1.29. The Kier molecular flexibility index (Phi) is 2.66. The SMILES string of the molecule is CN1CCN(CC(C)(O)C(=O)O)C1=O. The molecule has 0 aromatic heterocycles. The zero-order valence-corrected chi connectivity index (χ0v) is 8.23. The molecule has 1 aliphatic rings. The van der Waals surface area contributed by atoms with Crippen molar-refractivity contribution in [1.82, 2.24) is 9.80 Å². The van der Waals surface area contributed by atoms with Crippen molar-refractivity contribution in [1.29, 1.82) is 0 Å². The highest BCUT2D eigenvalue weighted by molar-refractivity contribution is 5.80. The van der Waals surface area contributed by atoms with Gasteiger partial charge in [-0.2, -0.15) is 0 Å². The van der Waals surface area contributed by atoms with E-state index in [-0.39, 0.29) is 12.6 Å². The molecule has 14 heavy (non-hydrogen) atoms. The van der Waals surface area contributed by atoms with Crippen LogP contribution in [0.25, 0.3) is 0 Å². The summed E-state index contributed by atoms with van der Waals surface area (Å²) in [7, 11) is 1.64. The number of urea groups is 1. The second-order valence-corrected chi connectivity index (χ2v) is 3.70. The normalized spacial score (nSPS) is 21.2. The Morgan fingerprint density at radius 2 is 2.14 bits per heavy atom. The average molecular weight is 202 g/mol. The van der Waals surface area contributed by atoms with E-state index in [0.717, 1.165) is 0 Å². The van der Waals surface area contributed by atoms with Crippen LogP contribution in [0.15, 0.2) is 0 Å². The third-order valence-electron chi connectivity index (χ3n) is 2.26. The Morgan fingerprint density at radius 3 is 2.50 bits per heavy atom. The molecule has 0 radical (unpaired) electrons. The first-order valence-electron chi connectivity index (χ1n) is 4.30. The smallest absolute Gasteiger partial charge is 0.337 e. The molecule has 1 saturated heterocycles. The molecule has 0 bridgehead atoms. The summed E-state index contributed by atoms with van der Waals surface area (Å²) in [5.74, 6) is -1.32. The van der Waals surface area contributed by atoms with Gasteiger partial charge >= 0.3 is 12.0 Å². The van der Waals surface area contributed by atoms with Gasteiger partial charge < -0.3 is 20.0 Å². The number of rotatable bonds is 3. The molecule has 0 aromatic carbocycles. The Bertz CT molecular complexity index is 264. The van der Waals surface area contributed by atoms with Crippen LogP contribution in [0.3, 0.4) is 0 Å². The molecular formula is C8H14N2O4. The zero-order valence-electron chi connectivity index (χ0n) is 8.23. The molecule has 1 rings (SSSR count). The van der Waals surface area contributed by atoms with E-state index < -0.39 is 11.6 Å². The summed E-state index contributed by atoms with van der Waals surface area (Å²) < 4.78 is 0. The molecule has 1 atom stereocenters. The van der Waals surface area contributed by atoms with Gasteiger partial charge in [0.25, 0.3) is 0 Å². The van der Waals surface area contributed by atoms with Gasteiger partial charge in [0.05, 0.1) is 6.54 Å². The number of carbonyl (C=O) groups is 2. The Morgan fingerprint density at radius 1 is 1.57 bits per heavy atom. The third kappa shape index (κ3) is 1.95. The number of likely N-dealkylation sites (N-methyl/N-ethyl adjacent to an activating group) is 1. The van der Waals surface area contributed by atoms with Crippen molar-refractivity contribution in [2.45, 2.75) is 12.5 Å². The van der Waals surface area contributed by atoms with Crippen molar-refractivity contribution in [3.05, 3.63) is 0 Å². The van der Waals surface area contributed by atoms with E-state index in [2.05, 4.69) is 0 Å². The lowest BCUT2D eigenvalue weighted by Crippen LogP contribution is -2.47. The minimum Gasteiger partial charge on any atom is -0.479 e. The Balaban J connectivity index is 2.62. The largest absolute Gasteiger partial charge is 0.479 e. The molecule has 6 heteroatoms. The van der Waals surface area contributed by atoms with E-state index in [1.54, 1.807) is 7.05 Å². The molecule has 6 nitrogen and oxygen atoms in total. The van der Waals surface area contributed by atoms with Crippen molar-refractivity contribution in [2.24, 2.45) is 0 Å². The van der Waals surface area contributed by atoms with E-state index in [1.807, 2.05) is 0 Å². The molecule has 2 N–H and O–H groups in total. The minimum absolute atomic E-state index is 0.175. The number of hydrogen-bond acceptors (Lipinski definition) is 3. The van der Waals surface area contributed by atoms with E-state index in [0.29, 0.717) is 13.1 Å². The summed E-state index contributed by atoms with van der Waals surface area (Å²) in [6, 6.07) is -0.244. The van der Waals surface area contributed by atoms with Crippen LogP contribution in [0.1, 0.15) is 6.92 Å².